The van der Waals surface area contributed by atoms with Crippen molar-refractivity contribution in [3.63, 3.8) is 0 Å². The van der Waals surface area contributed by atoms with E-state index < -0.39 is 5.97 Å². The Morgan fingerprint density at radius 1 is 1.15 bits per heavy atom. The van der Waals surface area contributed by atoms with Gasteiger partial charge in [0.25, 0.3) is 5.91 Å². The van der Waals surface area contributed by atoms with E-state index in [-0.39, 0.29) is 11.9 Å². The van der Waals surface area contributed by atoms with Gasteiger partial charge in [-0.25, -0.2) is 4.79 Å². The number of hydrogen-bond acceptors (Lipinski definition) is 4. The Kier molecular flexibility index (Phi) is 5.76. The van der Waals surface area contributed by atoms with E-state index in [9.17, 15) is 9.59 Å². The molecule has 5 nitrogen and oxygen atoms in total. The molecule has 2 heterocycles. The second kappa shape index (κ2) is 8.21. The van der Waals surface area contributed by atoms with Crippen molar-refractivity contribution in [1.82, 2.24) is 4.90 Å². The van der Waals surface area contributed by atoms with Crippen LogP contribution in [0.4, 0.5) is 0 Å². The largest absolute Gasteiger partial charge is 0.465 e. The molecule has 3 rings (SSSR count). The molecule has 0 aliphatic carbocycles. The summed E-state index contributed by atoms with van der Waals surface area (Å²) in [5, 5.41) is 0. The lowest BCUT2D eigenvalue weighted by atomic mass is 10.1. The van der Waals surface area contributed by atoms with Crippen LogP contribution < -0.4 is 0 Å². The topological polar surface area (TPSA) is 59.8 Å². The van der Waals surface area contributed by atoms with Gasteiger partial charge in [0.15, 0.2) is 0 Å². The van der Waals surface area contributed by atoms with Gasteiger partial charge in [0.1, 0.15) is 11.5 Å². The van der Waals surface area contributed by atoms with Crippen LogP contribution in [0.1, 0.15) is 70.9 Å². The Bertz CT molecular complexity index is 780. The van der Waals surface area contributed by atoms with E-state index in [1.54, 1.807) is 24.3 Å². The van der Waals surface area contributed by atoms with E-state index in [2.05, 4.69) is 6.92 Å². The second-order valence-corrected chi connectivity index (χ2v) is 6.59. The molecule has 1 fully saturated rings. The van der Waals surface area contributed by atoms with Gasteiger partial charge in [-0.2, -0.15) is 0 Å². The predicted molar refractivity (Wildman–Crippen MR) is 98.1 cm³/mol. The van der Waals surface area contributed by atoms with Crippen LogP contribution in [0.3, 0.4) is 0 Å². The zero-order valence-electron chi connectivity index (χ0n) is 15.4. The molecular formula is C21H25NO4. The van der Waals surface area contributed by atoms with E-state index in [4.69, 9.17) is 9.15 Å². The van der Waals surface area contributed by atoms with Crippen LogP contribution in [0.15, 0.2) is 40.8 Å². The minimum absolute atomic E-state index is 0.0629. The molecule has 0 saturated carbocycles. The summed E-state index contributed by atoms with van der Waals surface area (Å²) in [7, 11) is 1.34. The average molecular weight is 355 g/mol. The third-order valence-corrected chi connectivity index (χ3v) is 4.90. The standard InChI is InChI=1S/C21H25NO4/c1-3-17-11-12-19(26-17)18-10-5-4-6-13-22(18)20(23)15-8-7-9-16(14-15)21(24)25-2/h7-9,11-12,14,18H,3-6,10,13H2,1-2H3. The first kappa shape index (κ1) is 18.2. The highest BCUT2D eigenvalue weighted by molar-refractivity contribution is 5.98. The van der Waals surface area contributed by atoms with Gasteiger partial charge in [-0.15, -0.1) is 0 Å². The van der Waals surface area contributed by atoms with Gasteiger partial charge in [-0.3, -0.25) is 4.79 Å². The summed E-state index contributed by atoms with van der Waals surface area (Å²) < 4.78 is 10.7. The number of ether oxygens (including phenoxy) is 1. The Hall–Kier alpha value is -2.56. The first-order chi connectivity index (χ1) is 12.6. The molecule has 0 N–H and O–H groups in total. The number of aryl methyl sites for hydroxylation is 1. The lowest BCUT2D eigenvalue weighted by Gasteiger charge is -2.29. The van der Waals surface area contributed by atoms with Crippen LogP contribution in [0.5, 0.6) is 0 Å². The molecule has 1 atom stereocenters. The Morgan fingerprint density at radius 3 is 2.69 bits per heavy atom. The summed E-state index contributed by atoms with van der Waals surface area (Å²) in [6.07, 6.45) is 4.86. The number of rotatable bonds is 4. The first-order valence-electron chi connectivity index (χ1n) is 9.22. The zero-order valence-corrected chi connectivity index (χ0v) is 15.4. The molecule has 5 heteroatoms. The maximum absolute atomic E-state index is 13.2. The summed E-state index contributed by atoms with van der Waals surface area (Å²) in [6.45, 7) is 2.74. The molecule has 2 aromatic rings. The van der Waals surface area contributed by atoms with E-state index in [0.29, 0.717) is 17.7 Å². The highest BCUT2D eigenvalue weighted by Gasteiger charge is 2.30. The second-order valence-electron chi connectivity index (χ2n) is 6.59. The van der Waals surface area contributed by atoms with Gasteiger partial charge in [0, 0.05) is 18.5 Å². The number of nitrogens with zero attached hydrogens (tertiary/aromatic N) is 1. The van der Waals surface area contributed by atoms with E-state index in [1.165, 1.54) is 7.11 Å². The number of esters is 1. The smallest absolute Gasteiger partial charge is 0.337 e. The minimum Gasteiger partial charge on any atom is -0.465 e. The van der Waals surface area contributed by atoms with Crippen molar-refractivity contribution in [1.29, 1.82) is 0 Å². The van der Waals surface area contributed by atoms with Crippen LogP contribution in [0, 0.1) is 0 Å². The number of carbonyl (C=O) groups excluding carboxylic acids is 2. The van der Waals surface area contributed by atoms with Crippen molar-refractivity contribution < 1.29 is 18.7 Å². The molecular weight excluding hydrogens is 330 g/mol. The van der Waals surface area contributed by atoms with Crippen molar-refractivity contribution >= 4 is 11.9 Å². The van der Waals surface area contributed by atoms with E-state index in [1.807, 2.05) is 17.0 Å². The molecule has 1 aromatic carbocycles. The molecule has 0 spiro atoms. The molecule has 1 unspecified atom stereocenters. The molecule has 138 valence electrons. The summed E-state index contributed by atoms with van der Waals surface area (Å²) in [5.74, 6) is 1.27. The number of carbonyl (C=O) groups is 2. The van der Waals surface area contributed by atoms with E-state index in [0.717, 1.165) is 43.6 Å². The quantitative estimate of drug-likeness (QED) is 0.763. The van der Waals surface area contributed by atoms with Crippen LogP contribution in [0.2, 0.25) is 0 Å². The number of hydrogen-bond donors (Lipinski definition) is 0. The summed E-state index contributed by atoms with van der Waals surface area (Å²) in [4.78, 5) is 26.9. The summed E-state index contributed by atoms with van der Waals surface area (Å²) >= 11 is 0. The highest BCUT2D eigenvalue weighted by Crippen LogP contribution is 2.32. The molecule has 0 bridgehead atoms. The number of furan rings is 1. The fourth-order valence-corrected chi connectivity index (χ4v) is 3.47. The molecule has 1 saturated heterocycles. The van der Waals surface area contributed by atoms with Gasteiger partial charge >= 0.3 is 5.97 Å². The predicted octanol–water partition coefficient (Wildman–Crippen LogP) is 4.39. The van der Waals surface area contributed by atoms with Gasteiger partial charge in [0.2, 0.25) is 0 Å². The third-order valence-electron chi connectivity index (χ3n) is 4.90. The Labute approximate surface area is 153 Å². The van der Waals surface area contributed by atoms with Crippen LogP contribution >= 0.6 is 0 Å². The fraction of sp³-hybridized carbons (Fsp3) is 0.429. The zero-order chi connectivity index (χ0) is 18.5. The van der Waals surface area contributed by atoms with Gasteiger partial charge in [-0.05, 0) is 43.2 Å². The maximum Gasteiger partial charge on any atom is 0.337 e. The lowest BCUT2D eigenvalue weighted by Crippen LogP contribution is -2.34. The molecule has 0 radical (unpaired) electrons. The number of likely N-dealkylation sites (tertiary alicyclic amines) is 1. The van der Waals surface area contributed by atoms with Crippen LogP contribution in [-0.4, -0.2) is 30.4 Å². The molecule has 1 amide bonds. The van der Waals surface area contributed by atoms with Crippen molar-refractivity contribution in [2.75, 3.05) is 13.7 Å². The van der Waals surface area contributed by atoms with Gasteiger partial charge < -0.3 is 14.1 Å². The van der Waals surface area contributed by atoms with Gasteiger partial charge in [0.05, 0.1) is 18.7 Å². The molecule has 1 aliphatic rings. The average Bonchev–Trinajstić information content (AvgIpc) is 3.03. The van der Waals surface area contributed by atoms with Crippen LogP contribution in [-0.2, 0) is 11.2 Å². The number of methoxy groups -OCH3 is 1. The SMILES string of the molecule is CCc1ccc(C2CCCCCN2C(=O)c2cccc(C(=O)OC)c2)o1. The molecule has 1 aliphatic heterocycles. The fourth-order valence-electron chi connectivity index (χ4n) is 3.47. The Balaban J connectivity index is 1.90. The van der Waals surface area contributed by atoms with E-state index >= 15 is 0 Å². The first-order valence-corrected chi connectivity index (χ1v) is 9.22. The summed E-state index contributed by atoms with van der Waals surface area (Å²) in [6, 6.07) is 10.6. The molecule has 26 heavy (non-hydrogen) atoms. The van der Waals surface area contributed by atoms with Crippen molar-refractivity contribution in [3.8, 4) is 0 Å². The monoisotopic (exact) mass is 355 g/mol. The lowest BCUT2D eigenvalue weighted by molar-refractivity contribution is 0.0600. The van der Waals surface area contributed by atoms with Crippen molar-refractivity contribution in [2.45, 2.75) is 45.1 Å². The maximum atomic E-state index is 13.2. The van der Waals surface area contributed by atoms with Crippen LogP contribution in [0.25, 0.3) is 0 Å². The van der Waals surface area contributed by atoms with Gasteiger partial charge in [-0.1, -0.05) is 25.8 Å². The van der Waals surface area contributed by atoms with Crippen molar-refractivity contribution in [2.24, 2.45) is 0 Å². The third kappa shape index (κ3) is 3.82. The Morgan fingerprint density at radius 2 is 1.96 bits per heavy atom. The number of amides is 1. The summed E-state index contributed by atoms with van der Waals surface area (Å²) in [5.41, 5.74) is 0.887. The molecule has 1 aromatic heterocycles. The van der Waals surface area contributed by atoms with Crippen molar-refractivity contribution in [3.05, 3.63) is 59.0 Å². The minimum atomic E-state index is -0.439. The normalized spacial score (nSPS) is 17.6. The number of benzene rings is 1. The highest BCUT2D eigenvalue weighted by atomic mass is 16.5.